The first kappa shape index (κ1) is 21.6. The van der Waals surface area contributed by atoms with Crippen LogP contribution < -0.4 is 5.32 Å². The molecule has 162 valence electrons. The molecule has 0 aliphatic carbocycles. The normalized spacial score (nSPS) is 10.9. The van der Waals surface area contributed by atoms with Gasteiger partial charge in [0.2, 0.25) is 11.7 Å². The molecule has 0 aliphatic heterocycles. The van der Waals surface area contributed by atoms with E-state index in [0.29, 0.717) is 16.9 Å². The molecule has 0 saturated carbocycles. The Morgan fingerprint density at radius 3 is 2.47 bits per heavy atom. The van der Waals surface area contributed by atoms with Crippen molar-refractivity contribution in [2.45, 2.75) is 18.2 Å². The van der Waals surface area contributed by atoms with E-state index in [1.165, 1.54) is 11.8 Å². The van der Waals surface area contributed by atoms with Gasteiger partial charge >= 0.3 is 5.97 Å². The van der Waals surface area contributed by atoms with E-state index in [4.69, 9.17) is 9.15 Å². The van der Waals surface area contributed by atoms with Crippen molar-refractivity contribution in [1.82, 2.24) is 5.32 Å². The van der Waals surface area contributed by atoms with Crippen LogP contribution in [0.4, 0.5) is 0 Å². The molecule has 0 unspecified atom stereocenters. The molecule has 32 heavy (non-hydrogen) atoms. The lowest BCUT2D eigenvalue weighted by molar-refractivity contribution is -0.132. The van der Waals surface area contributed by atoms with Crippen LogP contribution in [0.1, 0.15) is 22.5 Å². The summed E-state index contributed by atoms with van der Waals surface area (Å²) in [7, 11) is 0. The van der Waals surface area contributed by atoms with Crippen molar-refractivity contribution in [3.63, 3.8) is 0 Å². The Bertz CT molecular complexity index is 1300. The molecule has 1 N–H and O–H groups in total. The quantitative estimate of drug-likeness (QED) is 0.321. The van der Waals surface area contributed by atoms with Gasteiger partial charge in [-0.3, -0.25) is 14.9 Å². The molecule has 0 aliphatic rings. The Balaban J connectivity index is 1.31. The maximum atomic E-state index is 12.5. The van der Waals surface area contributed by atoms with Crippen LogP contribution in [0.3, 0.4) is 0 Å². The molecule has 0 bridgehead atoms. The zero-order chi connectivity index (χ0) is 22.5. The number of carbonyl (C=O) groups excluding carboxylic acids is 3. The lowest BCUT2D eigenvalue weighted by Gasteiger charge is -2.05. The predicted octanol–water partition coefficient (Wildman–Crippen LogP) is 4.88. The number of aryl methyl sites for hydroxylation is 1. The summed E-state index contributed by atoms with van der Waals surface area (Å²) >= 11 is 1.53. The van der Waals surface area contributed by atoms with Gasteiger partial charge in [-0.15, -0.1) is 11.8 Å². The average Bonchev–Trinajstić information content (AvgIpc) is 3.15. The number of benzene rings is 3. The number of nitrogens with one attached hydrogen (secondary N) is 1. The van der Waals surface area contributed by atoms with Gasteiger partial charge in [0.05, 0.1) is 0 Å². The van der Waals surface area contributed by atoms with Crippen LogP contribution in [0.2, 0.25) is 0 Å². The van der Waals surface area contributed by atoms with Gasteiger partial charge in [-0.05, 0) is 24.4 Å². The molecule has 6 nitrogen and oxygen atoms in total. The van der Waals surface area contributed by atoms with Crippen LogP contribution in [0.5, 0.6) is 0 Å². The third-order valence-corrected chi connectivity index (χ3v) is 5.98. The highest BCUT2D eigenvalue weighted by molar-refractivity contribution is 7.99. The second kappa shape index (κ2) is 9.70. The van der Waals surface area contributed by atoms with Crippen molar-refractivity contribution in [2.75, 3.05) is 12.4 Å². The molecule has 0 saturated heterocycles. The molecular weight excluding hydrogens is 426 g/mol. The van der Waals surface area contributed by atoms with E-state index >= 15 is 0 Å². The minimum atomic E-state index is -0.745. The fourth-order valence-electron chi connectivity index (χ4n) is 3.37. The monoisotopic (exact) mass is 447 g/mol. The number of thioether (sulfide) groups is 1. The number of fused-ring (bicyclic) bond motifs is 3. The average molecular weight is 448 g/mol. The standard InChI is InChI=1S/C25H21NO5S/c1-16-19-12-11-17-7-5-6-10-20(17)24(19)31-23(16)25(29)30-15-22(28)26-21(27)13-14-32-18-8-3-2-4-9-18/h2-12H,13-15H2,1H3,(H,26,27,28). The van der Waals surface area contributed by atoms with Crippen molar-refractivity contribution in [3.05, 3.63) is 78.1 Å². The molecule has 3 aromatic carbocycles. The predicted molar refractivity (Wildman–Crippen MR) is 124 cm³/mol. The SMILES string of the molecule is Cc1c(C(=O)OCC(=O)NC(=O)CCSc2ccccc2)oc2c1ccc1ccccc12. The second-order valence-corrected chi connectivity index (χ2v) is 8.35. The molecule has 1 aromatic heterocycles. The zero-order valence-electron chi connectivity index (χ0n) is 17.4. The Morgan fingerprint density at radius 2 is 1.66 bits per heavy atom. The number of hydrogen-bond donors (Lipinski definition) is 1. The number of rotatable bonds is 7. The summed E-state index contributed by atoms with van der Waals surface area (Å²) in [6.45, 7) is 1.21. The minimum absolute atomic E-state index is 0.0507. The summed E-state index contributed by atoms with van der Waals surface area (Å²) in [5.74, 6) is -1.25. The van der Waals surface area contributed by atoms with Gasteiger partial charge < -0.3 is 9.15 Å². The van der Waals surface area contributed by atoms with Gasteiger partial charge in [0.15, 0.2) is 6.61 Å². The maximum Gasteiger partial charge on any atom is 0.375 e. The summed E-state index contributed by atoms with van der Waals surface area (Å²) in [5, 5.41) is 4.94. The van der Waals surface area contributed by atoms with E-state index in [0.717, 1.165) is 21.1 Å². The lowest BCUT2D eigenvalue weighted by Crippen LogP contribution is -2.34. The Kier molecular flexibility index (Phi) is 6.56. The Hall–Kier alpha value is -3.58. The van der Waals surface area contributed by atoms with Crippen LogP contribution in [0.15, 0.2) is 76.0 Å². The van der Waals surface area contributed by atoms with Gasteiger partial charge in [0, 0.05) is 33.4 Å². The first-order chi connectivity index (χ1) is 15.5. The van der Waals surface area contributed by atoms with E-state index < -0.39 is 24.4 Å². The molecule has 0 fully saturated rings. The molecular formula is C25H21NO5S. The number of imide groups is 1. The lowest BCUT2D eigenvalue weighted by atomic mass is 10.1. The topological polar surface area (TPSA) is 85.6 Å². The third kappa shape index (κ3) is 4.84. The van der Waals surface area contributed by atoms with Gasteiger partial charge in [-0.25, -0.2) is 4.79 Å². The van der Waals surface area contributed by atoms with Crippen LogP contribution in [-0.2, 0) is 14.3 Å². The third-order valence-electron chi connectivity index (χ3n) is 4.97. The summed E-state index contributed by atoms with van der Waals surface area (Å²) < 4.78 is 10.9. The van der Waals surface area contributed by atoms with Crippen molar-refractivity contribution in [2.24, 2.45) is 0 Å². The molecule has 2 amide bonds. The minimum Gasteiger partial charge on any atom is -0.450 e. The fourth-order valence-corrected chi connectivity index (χ4v) is 4.25. The van der Waals surface area contributed by atoms with Gasteiger partial charge in [-0.2, -0.15) is 0 Å². The van der Waals surface area contributed by atoms with Crippen LogP contribution in [-0.4, -0.2) is 30.1 Å². The van der Waals surface area contributed by atoms with Crippen molar-refractivity contribution >= 4 is 51.3 Å². The molecule has 0 atom stereocenters. The number of amides is 2. The maximum absolute atomic E-state index is 12.5. The number of esters is 1. The van der Waals surface area contributed by atoms with E-state index in [1.54, 1.807) is 6.92 Å². The smallest absolute Gasteiger partial charge is 0.375 e. The van der Waals surface area contributed by atoms with Crippen molar-refractivity contribution < 1.29 is 23.5 Å². The van der Waals surface area contributed by atoms with E-state index in [2.05, 4.69) is 5.32 Å². The van der Waals surface area contributed by atoms with Gasteiger partial charge in [0.25, 0.3) is 5.91 Å². The molecule has 0 radical (unpaired) electrons. The zero-order valence-corrected chi connectivity index (χ0v) is 18.2. The summed E-state index contributed by atoms with van der Waals surface area (Å²) in [6.07, 6.45) is 0.176. The highest BCUT2D eigenvalue weighted by Gasteiger charge is 2.21. The van der Waals surface area contributed by atoms with Crippen molar-refractivity contribution in [3.8, 4) is 0 Å². The fraction of sp³-hybridized carbons (Fsp3) is 0.160. The molecule has 0 spiro atoms. The van der Waals surface area contributed by atoms with Crippen LogP contribution in [0, 0.1) is 6.92 Å². The number of hydrogen-bond acceptors (Lipinski definition) is 6. The summed E-state index contributed by atoms with van der Waals surface area (Å²) in [6, 6.07) is 21.2. The molecule has 4 rings (SSSR count). The summed E-state index contributed by atoms with van der Waals surface area (Å²) in [5.41, 5.74) is 1.24. The molecule has 1 heterocycles. The highest BCUT2D eigenvalue weighted by Crippen LogP contribution is 2.32. The largest absolute Gasteiger partial charge is 0.450 e. The van der Waals surface area contributed by atoms with Gasteiger partial charge in [-0.1, -0.05) is 54.6 Å². The molecule has 7 heteroatoms. The number of carbonyl (C=O) groups is 3. The van der Waals surface area contributed by atoms with Gasteiger partial charge in [0.1, 0.15) is 5.58 Å². The van der Waals surface area contributed by atoms with Crippen molar-refractivity contribution in [1.29, 1.82) is 0 Å². The second-order valence-electron chi connectivity index (χ2n) is 7.18. The van der Waals surface area contributed by atoms with E-state index in [1.807, 2.05) is 66.7 Å². The molecule has 4 aromatic rings. The Labute approximate surface area is 188 Å². The van der Waals surface area contributed by atoms with E-state index in [-0.39, 0.29) is 12.2 Å². The number of furan rings is 1. The first-order valence-corrected chi connectivity index (χ1v) is 11.1. The number of ether oxygens (including phenoxy) is 1. The van der Waals surface area contributed by atoms with E-state index in [9.17, 15) is 14.4 Å². The first-order valence-electron chi connectivity index (χ1n) is 10.1. The Morgan fingerprint density at radius 1 is 0.906 bits per heavy atom. The van der Waals surface area contributed by atoms with Crippen LogP contribution >= 0.6 is 11.8 Å². The van der Waals surface area contributed by atoms with Crippen LogP contribution in [0.25, 0.3) is 21.7 Å². The summed E-state index contributed by atoms with van der Waals surface area (Å²) in [4.78, 5) is 37.5. The highest BCUT2D eigenvalue weighted by atomic mass is 32.2.